The number of nitrogen functional groups attached to an aromatic ring is 1. The molecule has 0 amide bonds. The molecule has 2 rings (SSSR count). The van der Waals surface area contributed by atoms with Crippen molar-refractivity contribution in [3.8, 4) is 5.75 Å². The van der Waals surface area contributed by atoms with Gasteiger partial charge >= 0.3 is 0 Å². The van der Waals surface area contributed by atoms with Crippen LogP contribution in [0, 0.1) is 6.92 Å². The number of nitrogens with two attached hydrogens (primary N) is 1. The zero-order valence-corrected chi connectivity index (χ0v) is 11.9. The molecule has 1 aromatic heterocycles. The molecule has 0 fully saturated rings. The van der Waals surface area contributed by atoms with Crippen LogP contribution < -0.4 is 20.9 Å². The summed E-state index contributed by atoms with van der Waals surface area (Å²) in [6.45, 7) is 4.87. The molecule has 0 aliphatic heterocycles. The van der Waals surface area contributed by atoms with Crippen LogP contribution in [0.25, 0.3) is 0 Å². The third kappa shape index (κ3) is 2.50. The van der Waals surface area contributed by atoms with E-state index in [1.165, 1.54) is 6.33 Å². The van der Waals surface area contributed by atoms with Crippen LogP contribution >= 0.6 is 0 Å². The number of aryl methyl sites for hydroxylation is 1. The Morgan fingerprint density at radius 3 is 2.65 bits per heavy atom. The van der Waals surface area contributed by atoms with Crippen LogP contribution in [-0.4, -0.2) is 23.6 Å². The molecule has 0 saturated heterocycles. The van der Waals surface area contributed by atoms with Crippen LogP contribution in [0.2, 0.25) is 0 Å². The maximum absolute atomic E-state index is 5.47. The van der Waals surface area contributed by atoms with Crippen molar-refractivity contribution in [2.75, 3.05) is 24.0 Å². The van der Waals surface area contributed by atoms with Crippen LogP contribution in [-0.2, 0) is 0 Å². The van der Waals surface area contributed by atoms with Gasteiger partial charge in [0, 0.05) is 12.2 Å². The highest BCUT2D eigenvalue weighted by atomic mass is 16.5. The van der Waals surface area contributed by atoms with Gasteiger partial charge in [0.2, 0.25) is 5.75 Å². The van der Waals surface area contributed by atoms with Gasteiger partial charge in [0.1, 0.15) is 6.33 Å². The number of methoxy groups -OCH3 is 1. The van der Waals surface area contributed by atoms with Crippen molar-refractivity contribution in [3.05, 3.63) is 36.2 Å². The van der Waals surface area contributed by atoms with Crippen LogP contribution in [0.4, 0.5) is 17.3 Å². The summed E-state index contributed by atoms with van der Waals surface area (Å²) < 4.78 is 5.40. The minimum Gasteiger partial charge on any atom is -0.490 e. The van der Waals surface area contributed by atoms with Gasteiger partial charge in [-0.2, -0.15) is 0 Å². The summed E-state index contributed by atoms with van der Waals surface area (Å²) in [6.07, 6.45) is 1.47. The number of hydrogen-bond acceptors (Lipinski definition) is 6. The number of benzene rings is 1. The number of para-hydroxylation sites is 1. The average molecular weight is 273 g/mol. The Bertz CT molecular complexity index is 588. The van der Waals surface area contributed by atoms with Crippen molar-refractivity contribution in [2.45, 2.75) is 13.8 Å². The highest BCUT2D eigenvalue weighted by Crippen LogP contribution is 2.36. The molecule has 6 heteroatoms. The van der Waals surface area contributed by atoms with Crippen molar-refractivity contribution in [2.24, 2.45) is 5.84 Å². The summed E-state index contributed by atoms with van der Waals surface area (Å²) in [6, 6.07) is 8.13. The summed E-state index contributed by atoms with van der Waals surface area (Å²) in [5.74, 6) is 7.14. The number of ether oxygens (including phenoxy) is 1. The van der Waals surface area contributed by atoms with Gasteiger partial charge in [-0.05, 0) is 25.5 Å². The molecule has 0 saturated carbocycles. The second-order valence-corrected chi connectivity index (χ2v) is 4.25. The third-order valence-electron chi connectivity index (χ3n) is 3.10. The van der Waals surface area contributed by atoms with E-state index in [4.69, 9.17) is 10.6 Å². The van der Waals surface area contributed by atoms with E-state index in [-0.39, 0.29) is 0 Å². The standard InChI is InChI=1S/C14H19N5O/c1-4-19(11-8-6-5-7-10(11)2)14-12(20-3)13(18-15)16-9-17-14/h5-9H,4,15H2,1-3H3,(H,16,17,18). The summed E-state index contributed by atoms with van der Waals surface area (Å²) in [5.41, 5.74) is 4.77. The molecule has 6 nitrogen and oxygen atoms in total. The highest BCUT2D eigenvalue weighted by Gasteiger charge is 2.19. The molecule has 0 radical (unpaired) electrons. The Labute approximate surface area is 118 Å². The lowest BCUT2D eigenvalue weighted by Crippen LogP contribution is -2.21. The fourth-order valence-electron chi connectivity index (χ4n) is 2.15. The van der Waals surface area contributed by atoms with Gasteiger partial charge in [0.15, 0.2) is 11.6 Å². The Balaban J connectivity index is 2.55. The van der Waals surface area contributed by atoms with Gasteiger partial charge in [-0.1, -0.05) is 18.2 Å². The van der Waals surface area contributed by atoms with Crippen LogP contribution in [0.15, 0.2) is 30.6 Å². The van der Waals surface area contributed by atoms with E-state index in [2.05, 4.69) is 46.3 Å². The SMILES string of the molecule is CCN(c1ccccc1C)c1ncnc(NN)c1OC. The lowest BCUT2D eigenvalue weighted by Gasteiger charge is -2.25. The van der Waals surface area contributed by atoms with Gasteiger partial charge in [0.05, 0.1) is 7.11 Å². The molecule has 3 N–H and O–H groups in total. The molecule has 2 aromatic rings. The van der Waals surface area contributed by atoms with Crippen molar-refractivity contribution in [1.29, 1.82) is 0 Å². The number of rotatable bonds is 5. The quantitative estimate of drug-likeness (QED) is 0.642. The molecular weight excluding hydrogens is 254 g/mol. The predicted octanol–water partition coefficient (Wildman–Crippen LogP) is 2.24. The van der Waals surface area contributed by atoms with Crippen LogP contribution in [0.5, 0.6) is 5.75 Å². The Morgan fingerprint density at radius 1 is 1.30 bits per heavy atom. The minimum atomic E-state index is 0.463. The van der Waals surface area contributed by atoms with Gasteiger partial charge in [-0.25, -0.2) is 15.8 Å². The third-order valence-corrected chi connectivity index (χ3v) is 3.10. The van der Waals surface area contributed by atoms with Crippen molar-refractivity contribution in [3.63, 3.8) is 0 Å². The molecule has 0 bridgehead atoms. The molecule has 1 aromatic carbocycles. The first-order valence-electron chi connectivity index (χ1n) is 6.41. The number of anilines is 3. The Kier molecular flexibility index (Phi) is 4.37. The molecule has 0 spiro atoms. The molecular formula is C14H19N5O. The second kappa shape index (κ2) is 6.21. The topological polar surface area (TPSA) is 76.3 Å². The zero-order chi connectivity index (χ0) is 14.5. The predicted molar refractivity (Wildman–Crippen MR) is 80.3 cm³/mol. The Hall–Kier alpha value is -2.34. The summed E-state index contributed by atoms with van der Waals surface area (Å²) in [7, 11) is 1.58. The molecule has 0 aliphatic carbocycles. The molecule has 0 atom stereocenters. The van der Waals surface area contributed by atoms with E-state index >= 15 is 0 Å². The smallest absolute Gasteiger partial charge is 0.206 e. The zero-order valence-electron chi connectivity index (χ0n) is 11.9. The minimum absolute atomic E-state index is 0.463. The number of aromatic nitrogens is 2. The number of nitrogens with one attached hydrogen (secondary N) is 1. The number of nitrogens with zero attached hydrogens (tertiary/aromatic N) is 3. The van der Waals surface area contributed by atoms with E-state index in [0.717, 1.165) is 17.8 Å². The summed E-state index contributed by atoms with van der Waals surface area (Å²) in [5, 5.41) is 0. The van der Waals surface area contributed by atoms with Gasteiger partial charge in [-0.3, -0.25) is 0 Å². The van der Waals surface area contributed by atoms with E-state index in [9.17, 15) is 0 Å². The van der Waals surface area contributed by atoms with Crippen molar-refractivity contribution in [1.82, 2.24) is 9.97 Å². The molecule has 1 heterocycles. The van der Waals surface area contributed by atoms with E-state index < -0.39 is 0 Å². The molecule has 0 unspecified atom stereocenters. The van der Waals surface area contributed by atoms with Gasteiger partial charge in [-0.15, -0.1) is 0 Å². The number of hydrazine groups is 1. The first-order valence-corrected chi connectivity index (χ1v) is 6.41. The Morgan fingerprint density at radius 2 is 2.05 bits per heavy atom. The maximum atomic E-state index is 5.47. The van der Waals surface area contributed by atoms with Gasteiger partial charge < -0.3 is 15.1 Å². The average Bonchev–Trinajstić information content (AvgIpc) is 2.49. The first kappa shape index (κ1) is 14.1. The molecule has 20 heavy (non-hydrogen) atoms. The van der Waals surface area contributed by atoms with Gasteiger partial charge in [0.25, 0.3) is 0 Å². The van der Waals surface area contributed by atoms with Crippen molar-refractivity contribution >= 4 is 17.3 Å². The van der Waals surface area contributed by atoms with Crippen LogP contribution in [0.1, 0.15) is 12.5 Å². The van der Waals surface area contributed by atoms with E-state index in [1.54, 1.807) is 7.11 Å². The fourth-order valence-corrected chi connectivity index (χ4v) is 2.15. The second-order valence-electron chi connectivity index (χ2n) is 4.25. The van der Waals surface area contributed by atoms with Crippen molar-refractivity contribution < 1.29 is 4.74 Å². The monoisotopic (exact) mass is 273 g/mol. The van der Waals surface area contributed by atoms with Crippen LogP contribution in [0.3, 0.4) is 0 Å². The molecule has 0 aliphatic rings. The normalized spacial score (nSPS) is 10.2. The first-order chi connectivity index (χ1) is 9.72. The number of hydrogen-bond donors (Lipinski definition) is 2. The lowest BCUT2D eigenvalue weighted by molar-refractivity contribution is 0.413. The maximum Gasteiger partial charge on any atom is 0.206 e. The van der Waals surface area contributed by atoms with E-state index in [1.807, 2.05) is 12.1 Å². The van der Waals surface area contributed by atoms with E-state index in [0.29, 0.717) is 17.4 Å². The largest absolute Gasteiger partial charge is 0.490 e. The highest BCUT2D eigenvalue weighted by molar-refractivity contribution is 5.72. The lowest BCUT2D eigenvalue weighted by atomic mass is 10.2. The summed E-state index contributed by atoms with van der Waals surface area (Å²) in [4.78, 5) is 10.5. The molecule has 106 valence electrons. The summed E-state index contributed by atoms with van der Waals surface area (Å²) >= 11 is 0. The fraction of sp³-hybridized carbons (Fsp3) is 0.286.